The summed E-state index contributed by atoms with van der Waals surface area (Å²) >= 11 is 0. The van der Waals surface area contributed by atoms with Crippen LogP contribution in [0.3, 0.4) is 0 Å². The largest absolute Gasteiger partial charge is 0.466 e. The second-order valence-corrected chi connectivity index (χ2v) is 2.79. The third-order valence-corrected chi connectivity index (χ3v) is 1.69. The third-order valence-electron chi connectivity index (χ3n) is 1.69. The Bertz CT molecular complexity index is 260. The van der Waals surface area contributed by atoms with Gasteiger partial charge in [0.25, 0.3) is 0 Å². The van der Waals surface area contributed by atoms with E-state index in [1.54, 1.807) is 6.92 Å². The summed E-state index contributed by atoms with van der Waals surface area (Å²) in [7, 11) is 0. The molecule has 1 rings (SSSR count). The minimum absolute atomic E-state index is 0.140. The molecule has 6 heteroatoms. The summed E-state index contributed by atoms with van der Waals surface area (Å²) in [5.74, 6) is -0.140. The van der Waals surface area contributed by atoms with Gasteiger partial charge in [-0.15, -0.1) is 10.2 Å². The number of aryl methyl sites for hydroxylation is 1. The number of hydrogen-bond acceptors (Lipinski definition) is 5. The summed E-state index contributed by atoms with van der Waals surface area (Å²) in [6.07, 6.45) is 3.50. The number of tetrazole rings is 1. The van der Waals surface area contributed by atoms with Gasteiger partial charge >= 0.3 is 5.97 Å². The lowest BCUT2D eigenvalue weighted by molar-refractivity contribution is -0.143. The zero-order chi connectivity index (χ0) is 10.2. The highest BCUT2D eigenvalue weighted by molar-refractivity contribution is 5.69. The zero-order valence-electron chi connectivity index (χ0n) is 8.22. The molecule has 0 bridgehead atoms. The van der Waals surface area contributed by atoms with E-state index in [-0.39, 0.29) is 5.97 Å². The summed E-state index contributed by atoms with van der Waals surface area (Å²) in [6.45, 7) is 2.94. The maximum atomic E-state index is 10.9. The van der Waals surface area contributed by atoms with Crippen molar-refractivity contribution in [1.29, 1.82) is 0 Å². The number of carbonyl (C=O) groups is 1. The monoisotopic (exact) mass is 198 g/mol. The smallest absolute Gasteiger partial charge is 0.305 e. The standard InChI is InChI=1S/C8H14N4O2/c1-2-14-8(13)5-3-4-6-12-10-7-9-11-12/h7H,2-6H2,1H3. The van der Waals surface area contributed by atoms with Crippen LogP contribution in [-0.4, -0.2) is 32.8 Å². The maximum Gasteiger partial charge on any atom is 0.305 e. The first-order valence-corrected chi connectivity index (χ1v) is 4.69. The molecule has 0 N–H and O–H groups in total. The highest BCUT2D eigenvalue weighted by Gasteiger charge is 2.01. The van der Waals surface area contributed by atoms with Crippen molar-refractivity contribution in [3.05, 3.63) is 6.33 Å². The number of esters is 1. The van der Waals surface area contributed by atoms with Crippen molar-refractivity contribution in [1.82, 2.24) is 20.2 Å². The Morgan fingerprint density at radius 1 is 1.50 bits per heavy atom. The Morgan fingerprint density at radius 2 is 2.36 bits per heavy atom. The molecule has 78 valence electrons. The van der Waals surface area contributed by atoms with Crippen LogP contribution < -0.4 is 0 Å². The molecule has 1 aromatic heterocycles. The van der Waals surface area contributed by atoms with Gasteiger partial charge in [0.1, 0.15) is 0 Å². The Morgan fingerprint density at radius 3 is 3.00 bits per heavy atom. The third kappa shape index (κ3) is 3.97. The number of aromatic nitrogens is 4. The first-order valence-electron chi connectivity index (χ1n) is 4.69. The van der Waals surface area contributed by atoms with Crippen LogP contribution in [0, 0.1) is 0 Å². The summed E-state index contributed by atoms with van der Waals surface area (Å²) < 4.78 is 4.79. The highest BCUT2D eigenvalue weighted by Crippen LogP contribution is 1.98. The summed E-state index contributed by atoms with van der Waals surface area (Å²) in [5, 5.41) is 11.1. The fourth-order valence-electron chi connectivity index (χ4n) is 1.05. The van der Waals surface area contributed by atoms with E-state index in [0.717, 1.165) is 12.8 Å². The molecule has 0 aliphatic heterocycles. The van der Waals surface area contributed by atoms with Gasteiger partial charge in [0.2, 0.25) is 0 Å². The van der Waals surface area contributed by atoms with Crippen molar-refractivity contribution in [2.45, 2.75) is 32.7 Å². The van der Waals surface area contributed by atoms with Crippen LogP contribution in [0.25, 0.3) is 0 Å². The second kappa shape index (κ2) is 6.06. The summed E-state index contributed by atoms with van der Waals surface area (Å²) in [5.41, 5.74) is 0. The molecule has 0 aliphatic rings. The van der Waals surface area contributed by atoms with Gasteiger partial charge in [-0.2, -0.15) is 4.80 Å². The van der Waals surface area contributed by atoms with Crippen molar-refractivity contribution in [3.8, 4) is 0 Å². The fraction of sp³-hybridized carbons (Fsp3) is 0.750. The molecule has 0 unspecified atom stereocenters. The van der Waals surface area contributed by atoms with Gasteiger partial charge < -0.3 is 4.74 Å². The van der Waals surface area contributed by atoms with Crippen LogP contribution >= 0.6 is 0 Å². The normalized spacial score (nSPS) is 10.1. The van der Waals surface area contributed by atoms with Gasteiger partial charge in [0.15, 0.2) is 6.33 Å². The summed E-state index contributed by atoms with van der Waals surface area (Å²) in [4.78, 5) is 12.4. The number of nitrogens with zero attached hydrogens (tertiary/aromatic N) is 4. The van der Waals surface area contributed by atoms with E-state index in [0.29, 0.717) is 19.6 Å². The Hall–Kier alpha value is -1.46. The predicted molar refractivity (Wildman–Crippen MR) is 48.3 cm³/mol. The molecule has 0 spiro atoms. The highest BCUT2D eigenvalue weighted by atomic mass is 16.5. The van der Waals surface area contributed by atoms with E-state index in [1.807, 2.05) is 0 Å². The van der Waals surface area contributed by atoms with Crippen LogP contribution in [-0.2, 0) is 16.1 Å². The number of hydrogen-bond donors (Lipinski definition) is 0. The topological polar surface area (TPSA) is 69.9 Å². The van der Waals surface area contributed by atoms with Gasteiger partial charge in [-0.3, -0.25) is 4.79 Å². The van der Waals surface area contributed by atoms with E-state index in [2.05, 4.69) is 15.4 Å². The molecular formula is C8H14N4O2. The predicted octanol–water partition coefficient (Wildman–Crippen LogP) is 0.406. The van der Waals surface area contributed by atoms with Crippen LogP contribution in [0.5, 0.6) is 0 Å². The second-order valence-electron chi connectivity index (χ2n) is 2.79. The van der Waals surface area contributed by atoms with Gasteiger partial charge in [-0.05, 0) is 25.0 Å². The van der Waals surface area contributed by atoms with E-state index >= 15 is 0 Å². The molecular weight excluding hydrogens is 184 g/mol. The van der Waals surface area contributed by atoms with E-state index in [1.165, 1.54) is 11.1 Å². The molecule has 0 radical (unpaired) electrons. The number of unbranched alkanes of at least 4 members (excludes halogenated alkanes) is 1. The van der Waals surface area contributed by atoms with Crippen LogP contribution in [0.15, 0.2) is 6.33 Å². The molecule has 0 aliphatic carbocycles. The molecule has 6 nitrogen and oxygen atoms in total. The lowest BCUT2D eigenvalue weighted by Gasteiger charge is -2.00. The molecule has 0 saturated carbocycles. The molecule has 1 aromatic rings. The zero-order valence-corrected chi connectivity index (χ0v) is 8.22. The first-order chi connectivity index (χ1) is 6.83. The van der Waals surface area contributed by atoms with Crippen molar-refractivity contribution >= 4 is 5.97 Å². The van der Waals surface area contributed by atoms with Crippen molar-refractivity contribution in [2.75, 3.05) is 6.61 Å². The molecule has 0 saturated heterocycles. The van der Waals surface area contributed by atoms with Gasteiger partial charge in [-0.25, -0.2) is 0 Å². The lowest BCUT2D eigenvalue weighted by Crippen LogP contribution is -2.06. The molecule has 0 amide bonds. The average Bonchev–Trinajstić information content (AvgIpc) is 2.65. The van der Waals surface area contributed by atoms with Gasteiger partial charge in [-0.1, -0.05) is 0 Å². The molecule has 1 heterocycles. The van der Waals surface area contributed by atoms with Crippen molar-refractivity contribution in [3.63, 3.8) is 0 Å². The van der Waals surface area contributed by atoms with E-state index in [9.17, 15) is 4.79 Å². The molecule has 0 fully saturated rings. The average molecular weight is 198 g/mol. The molecule has 0 aromatic carbocycles. The van der Waals surface area contributed by atoms with Gasteiger partial charge in [0, 0.05) is 6.42 Å². The van der Waals surface area contributed by atoms with Crippen molar-refractivity contribution < 1.29 is 9.53 Å². The van der Waals surface area contributed by atoms with Crippen LogP contribution in [0.4, 0.5) is 0 Å². The molecule has 0 atom stereocenters. The molecule has 14 heavy (non-hydrogen) atoms. The first kappa shape index (κ1) is 10.6. The number of ether oxygens (including phenoxy) is 1. The Labute approximate surface area is 82.2 Å². The lowest BCUT2D eigenvalue weighted by atomic mass is 10.2. The van der Waals surface area contributed by atoms with Crippen LogP contribution in [0.1, 0.15) is 26.2 Å². The SMILES string of the molecule is CCOC(=O)CCCCn1ncnn1. The Kier molecular flexibility index (Phi) is 4.60. The minimum atomic E-state index is -0.140. The fourth-order valence-corrected chi connectivity index (χ4v) is 1.05. The number of carbonyl (C=O) groups excluding carboxylic acids is 1. The Balaban J connectivity index is 2.02. The quantitative estimate of drug-likeness (QED) is 0.489. The van der Waals surface area contributed by atoms with Gasteiger partial charge in [0.05, 0.1) is 13.2 Å². The number of rotatable bonds is 6. The van der Waals surface area contributed by atoms with E-state index < -0.39 is 0 Å². The summed E-state index contributed by atoms with van der Waals surface area (Å²) in [6, 6.07) is 0. The van der Waals surface area contributed by atoms with Crippen LogP contribution in [0.2, 0.25) is 0 Å². The minimum Gasteiger partial charge on any atom is -0.466 e. The maximum absolute atomic E-state index is 10.9. The van der Waals surface area contributed by atoms with Crippen molar-refractivity contribution in [2.24, 2.45) is 0 Å². The van der Waals surface area contributed by atoms with E-state index in [4.69, 9.17) is 4.74 Å².